The van der Waals surface area contributed by atoms with E-state index in [1.165, 1.54) is 40.9 Å². The van der Waals surface area contributed by atoms with Crippen LogP contribution in [-0.2, 0) is 16.0 Å². The van der Waals surface area contributed by atoms with E-state index in [-0.39, 0.29) is 23.2 Å². The zero-order chi connectivity index (χ0) is 17.4. The van der Waals surface area contributed by atoms with Crippen molar-refractivity contribution in [1.82, 2.24) is 15.5 Å². The van der Waals surface area contributed by atoms with Crippen molar-refractivity contribution in [3.05, 3.63) is 35.6 Å². The minimum atomic E-state index is -0.418. The first kappa shape index (κ1) is 18.7. The number of hydrogen-bond donors (Lipinski definition) is 2. The van der Waals surface area contributed by atoms with Gasteiger partial charge in [-0.3, -0.25) is 9.59 Å². The maximum atomic E-state index is 13.4. The summed E-state index contributed by atoms with van der Waals surface area (Å²) in [5, 5.41) is 10.6. The maximum Gasteiger partial charge on any atom is 0.230 e. The van der Waals surface area contributed by atoms with E-state index < -0.39 is 5.91 Å². The van der Waals surface area contributed by atoms with Gasteiger partial charge in [-0.25, -0.2) is 4.39 Å². The summed E-state index contributed by atoms with van der Waals surface area (Å²) >= 11 is 3.79. The summed E-state index contributed by atoms with van der Waals surface area (Å²) in [5.74, 6) is -0.491. The monoisotopic (exact) mass is 386 g/mol. The van der Waals surface area contributed by atoms with Crippen LogP contribution >= 0.6 is 34.9 Å². The molecule has 0 fully saturated rings. The summed E-state index contributed by atoms with van der Waals surface area (Å²) < 4.78 is 14.7. The van der Waals surface area contributed by atoms with Gasteiger partial charge in [-0.2, -0.15) is 0 Å². The molecule has 0 bridgehead atoms. The lowest BCUT2D eigenvalue weighted by molar-refractivity contribution is -0.118. The minimum absolute atomic E-state index is 0.149. The van der Waals surface area contributed by atoms with Crippen LogP contribution in [0.2, 0.25) is 0 Å². The van der Waals surface area contributed by atoms with Crippen LogP contribution in [-0.4, -0.2) is 40.1 Å². The molecule has 0 saturated heterocycles. The molecule has 0 aliphatic rings. The molecule has 24 heavy (non-hydrogen) atoms. The molecule has 0 atom stereocenters. The molecule has 1 aromatic carbocycles. The predicted molar refractivity (Wildman–Crippen MR) is 93.7 cm³/mol. The average molecular weight is 386 g/mol. The number of aromatic nitrogens is 2. The molecule has 0 aliphatic carbocycles. The molecule has 0 radical (unpaired) electrons. The standard InChI is InChI=1S/C14H15FN4O2S3/c15-10-4-2-1-3-9(10)5-6-17-12(21)8-23-14-19-18-13(24-14)22-7-11(16)20/h1-4H,5-8H2,(H2,16,20)(H,17,21). The van der Waals surface area contributed by atoms with Gasteiger partial charge in [0.05, 0.1) is 11.5 Å². The van der Waals surface area contributed by atoms with Crippen LogP contribution in [0, 0.1) is 5.82 Å². The van der Waals surface area contributed by atoms with Crippen LogP contribution in [0.15, 0.2) is 32.9 Å². The highest BCUT2D eigenvalue weighted by Gasteiger charge is 2.09. The van der Waals surface area contributed by atoms with Gasteiger partial charge in [0.15, 0.2) is 8.68 Å². The third-order valence-corrected chi connectivity index (χ3v) is 5.94. The molecule has 3 N–H and O–H groups in total. The number of nitrogens with one attached hydrogen (secondary N) is 1. The molecule has 6 nitrogen and oxygen atoms in total. The number of rotatable bonds is 9. The van der Waals surface area contributed by atoms with Crippen LogP contribution in [0.4, 0.5) is 4.39 Å². The number of hydrogen-bond acceptors (Lipinski definition) is 7. The van der Waals surface area contributed by atoms with Gasteiger partial charge in [-0.15, -0.1) is 10.2 Å². The van der Waals surface area contributed by atoms with E-state index in [1.54, 1.807) is 18.2 Å². The van der Waals surface area contributed by atoms with Crippen LogP contribution in [0.1, 0.15) is 5.56 Å². The van der Waals surface area contributed by atoms with Gasteiger partial charge in [0.25, 0.3) is 0 Å². The Balaban J connectivity index is 1.68. The summed E-state index contributed by atoms with van der Waals surface area (Å²) in [7, 11) is 0. The van der Waals surface area contributed by atoms with Crippen LogP contribution < -0.4 is 11.1 Å². The zero-order valence-electron chi connectivity index (χ0n) is 12.5. The highest BCUT2D eigenvalue weighted by molar-refractivity contribution is 8.03. The summed E-state index contributed by atoms with van der Waals surface area (Å²) in [6.45, 7) is 0.371. The van der Waals surface area contributed by atoms with Gasteiger partial charge < -0.3 is 11.1 Å². The smallest absolute Gasteiger partial charge is 0.230 e. The van der Waals surface area contributed by atoms with E-state index in [2.05, 4.69) is 15.5 Å². The number of amides is 2. The number of primary amides is 1. The number of benzene rings is 1. The lowest BCUT2D eigenvalue weighted by Crippen LogP contribution is -2.27. The molecule has 128 valence electrons. The van der Waals surface area contributed by atoms with Crippen molar-refractivity contribution in [3.63, 3.8) is 0 Å². The van der Waals surface area contributed by atoms with Crippen molar-refractivity contribution >= 4 is 46.7 Å². The number of halogens is 1. The topological polar surface area (TPSA) is 98.0 Å². The lowest BCUT2D eigenvalue weighted by Gasteiger charge is -2.05. The Morgan fingerprint density at radius 2 is 1.83 bits per heavy atom. The number of carbonyl (C=O) groups excluding carboxylic acids is 2. The van der Waals surface area contributed by atoms with E-state index in [1.807, 2.05) is 0 Å². The predicted octanol–water partition coefficient (Wildman–Crippen LogP) is 1.71. The van der Waals surface area contributed by atoms with Crippen molar-refractivity contribution in [2.24, 2.45) is 5.73 Å². The molecular formula is C14H15FN4O2S3. The second-order valence-electron chi connectivity index (χ2n) is 4.57. The van der Waals surface area contributed by atoms with Gasteiger partial charge in [0, 0.05) is 6.54 Å². The van der Waals surface area contributed by atoms with Crippen molar-refractivity contribution in [2.75, 3.05) is 18.1 Å². The first-order chi connectivity index (χ1) is 11.5. The molecular weight excluding hydrogens is 371 g/mol. The normalized spacial score (nSPS) is 10.5. The molecule has 0 aliphatic heterocycles. The molecule has 10 heteroatoms. The Morgan fingerprint density at radius 1 is 1.17 bits per heavy atom. The summed E-state index contributed by atoms with van der Waals surface area (Å²) in [4.78, 5) is 22.5. The van der Waals surface area contributed by atoms with E-state index in [4.69, 9.17) is 5.73 Å². The summed E-state index contributed by atoms with van der Waals surface area (Å²) in [6, 6.07) is 6.49. The molecule has 1 aromatic heterocycles. The lowest BCUT2D eigenvalue weighted by atomic mass is 10.1. The fraction of sp³-hybridized carbons (Fsp3) is 0.286. The summed E-state index contributed by atoms with van der Waals surface area (Å²) in [6.07, 6.45) is 0.440. The quantitative estimate of drug-likeness (QED) is 0.637. The van der Waals surface area contributed by atoms with Gasteiger partial charge in [0.1, 0.15) is 5.82 Å². The Bertz CT molecular complexity index is 711. The minimum Gasteiger partial charge on any atom is -0.369 e. The SMILES string of the molecule is NC(=O)CSc1nnc(SCC(=O)NCCc2ccccc2F)s1. The number of thioether (sulfide) groups is 2. The number of carbonyl (C=O) groups is 2. The molecule has 1 heterocycles. The number of nitrogens with zero attached hydrogens (tertiary/aromatic N) is 2. The van der Waals surface area contributed by atoms with E-state index >= 15 is 0 Å². The molecule has 0 spiro atoms. The fourth-order valence-corrected chi connectivity index (χ4v) is 4.25. The Kier molecular flexibility index (Phi) is 7.47. The Labute approximate surface area is 150 Å². The van der Waals surface area contributed by atoms with Gasteiger partial charge in [0.2, 0.25) is 11.8 Å². The van der Waals surface area contributed by atoms with Gasteiger partial charge in [-0.05, 0) is 18.1 Å². The Morgan fingerprint density at radius 3 is 2.50 bits per heavy atom. The van der Waals surface area contributed by atoms with Crippen molar-refractivity contribution in [3.8, 4) is 0 Å². The maximum absolute atomic E-state index is 13.4. The van der Waals surface area contributed by atoms with Crippen molar-refractivity contribution in [1.29, 1.82) is 0 Å². The molecule has 0 saturated carbocycles. The molecule has 2 amide bonds. The third-order valence-electron chi connectivity index (χ3n) is 2.73. The first-order valence-corrected chi connectivity index (χ1v) is 9.71. The highest BCUT2D eigenvalue weighted by atomic mass is 32.2. The van der Waals surface area contributed by atoms with Crippen LogP contribution in [0.5, 0.6) is 0 Å². The van der Waals surface area contributed by atoms with E-state index in [0.717, 1.165) is 0 Å². The Hall–Kier alpha value is -1.65. The zero-order valence-corrected chi connectivity index (χ0v) is 15.0. The second kappa shape index (κ2) is 9.60. The average Bonchev–Trinajstić information content (AvgIpc) is 3.01. The van der Waals surface area contributed by atoms with Crippen molar-refractivity contribution < 1.29 is 14.0 Å². The first-order valence-electron chi connectivity index (χ1n) is 6.92. The van der Waals surface area contributed by atoms with Crippen LogP contribution in [0.25, 0.3) is 0 Å². The molecule has 2 aromatic rings. The number of nitrogens with two attached hydrogens (primary N) is 1. The molecule has 2 rings (SSSR count). The van der Waals surface area contributed by atoms with Crippen molar-refractivity contribution in [2.45, 2.75) is 15.1 Å². The van der Waals surface area contributed by atoms with Crippen LogP contribution in [0.3, 0.4) is 0 Å². The van der Waals surface area contributed by atoms with E-state index in [0.29, 0.717) is 27.2 Å². The van der Waals surface area contributed by atoms with Gasteiger partial charge >= 0.3 is 0 Å². The second-order valence-corrected chi connectivity index (χ2v) is 7.99. The van der Waals surface area contributed by atoms with E-state index in [9.17, 15) is 14.0 Å². The summed E-state index contributed by atoms with van der Waals surface area (Å²) in [5.41, 5.74) is 5.63. The van der Waals surface area contributed by atoms with Gasteiger partial charge in [-0.1, -0.05) is 53.1 Å². The molecule has 0 unspecified atom stereocenters. The highest BCUT2D eigenvalue weighted by Crippen LogP contribution is 2.28. The largest absolute Gasteiger partial charge is 0.369 e. The third kappa shape index (κ3) is 6.46. The fourth-order valence-electron chi connectivity index (χ4n) is 1.66.